The van der Waals surface area contributed by atoms with Crippen molar-refractivity contribution in [3.8, 4) is 0 Å². The summed E-state index contributed by atoms with van der Waals surface area (Å²) in [5.41, 5.74) is 1.22. The van der Waals surface area contributed by atoms with Crippen LogP contribution in [0.2, 0.25) is 0 Å². The van der Waals surface area contributed by atoms with Crippen molar-refractivity contribution in [1.82, 2.24) is 4.90 Å². The van der Waals surface area contributed by atoms with Gasteiger partial charge >= 0.3 is 5.97 Å². The summed E-state index contributed by atoms with van der Waals surface area (Å²) in [6.07, 6.45) is 1.25. The number of aryl methyl sites for hydroxylation is 2. The number of anilines is 1. The topological polar surface area (TPSA) is 107 Å². The third kappa shape index (κ3) is 3.74. The molecule has 0 aromatic heterocycles. The number of halogens is 1. The molecule has 2 N–H and O–H groups in total. The van der Waals surface area contributed by atoms with E-state index in [1.807, 2.05) is 45.9 Å². The minimum Gasteiger partial charge on any atom is -0.481 e. The van der Waals surface area contributed by atoms with E-state index in [1.165, 1.54) is 4.90 Å². The van der Waals surface area contributed by atoms with Crippen LogP contribution in [0.25, 0.3) is 0 Å². The van der Waals surface area contributed by atoms with Gasteiger partial charge in [0.1, 0.15) is 11.6 Å². The molecular weight excluding hydrogens is 516 g/mol. The summed E-state index contributed by atoms with van der Waals surface area (Å²) < 4.78 is 6.36. The maximum absolute atomic E-state index is 14.5. The van der Waals surface area contributed by atoms with Gasteiger partial charge in [-0.1, -0.05) is 54.1 Å². The van der Waals surface area contributed by atoms with Crippen molar-refractivity contribution in [3.05, 3.63) is 42.0 Å². The highest BCUT2D eigenvalue weighted by atomic mass is 79.9. The number of carbonyl (C=O) groups excluding carboxylic acids is 2. The van der Waals surface area contributed by atoms with Crippen molar-refractivity contribution in [3.63, 3.8) is 0 Å². The molecule has 35 heavy (non-hydrogen) atoms. The second-order valence-corrected chi connectivity index (χ2v) is 11.4. The Kier molecular flexibility index (Phi) is 6.89. The number of benzene rings is 1. The zero-order chi connectivity index (χ0) is 25.8. The summed E-state index contributed by atoms with van der Waals surface area (Å²) >= 11 is 3.56. The predicted molar refractivity (Wildman–Crippen MR) is 134 cm³/mol. The largest absolute Gasteiger partial charge is 0.481 e. The smallest absolute Gasteiger partial charge is 0.310 e. The number of aliphatic hydroxyl groups excluding tert-OH is 1. The molecule has 3 saturated heterocycles. The number of carbonyl (C=O) groups is 3. The number of aliphatic hydroxyl groups is 1. The van der Waals surface area contributed by atoms with Crippen molar-refractivity contribution >= 4 is 39.4 Å². The normalized spacial score (nSPS) is 32.1. The van der Waals surface area contributed by atoms with Crippen molar-refractivity contribution in [2.45, 2.75) is 62.7 Å². The molecule has 1 aromatic rings. The van der Waals surface area contributed by atoms with Gasteiger partial charge in [-0.2, -0.15) is 0 Å². The minimum absolute atomic E-state index is 0.164. The van der Waals surface area contributed by atoms with Gasteiger partial charge in [-0.15, -0.1) is 6.58 Å². The number of hydrogen-bond donors (Lipinski definition) is 2. The lowest BCUT2D eigenvalue weighted by molar-refractivity contribution is -0.151. The highest BCUT2D eigenvalue weighted by molar-refractivity contribution is 9.09. The van der Waals surface area contributed by atoms with Crippen LogP contribution in [-0.4, -0.2) is 74.7 Å². The van der Waals surface area contributed by atoms with Crippen LogP contribution in [-0.2, 0) is 19.1 Å². The summed E-state index contributed by atoms with van der Waals surface area (Å²) in [7, 11) is 0. The lowest BCUT2D eigenvalue weighted by Gasteiger charge is -2.41. The van der Waals surface area contributed by atoms with Crippen LogP contribution in [0.5, 0.6) is 0 Å². The fourth-order valence-electron chi connectivity index (χ4n) is 6.41. The van der Waals surface area contributed by atoms with E-state index >= 15 is 0 Å². The molecule has 0 saturated carbocycles. The Balaban J connectivity index is 1.90. The number of aliphatic carboxylic acids is 1. The summed E-state index contributed by atoms with van der Waals surface area (Å²) in [4.78, 5) is 43.5. The fourth-order valence-corrected chi connectivity index (χ4v) is 7.35. The van der Waals surface area contributed by atoms with E-state index in [0.29, 0.717) is 6.42 Å². The third-order valence-corrected chi connectivity index (χ3v) is 8.69. The molecule has 1 aromatic carbocycles. The summed E-state index contributed by atoms with van der Waals surface area (Å²) in [6.45, 7) is 11.3. The van der Waals surface area contributed by atoms with Crippen LogP contribution in [0.15, 0.2) is 30.9 Å². The van der Waals surface area contributed by atoms with E-state index in [9.17, 15) is 24.6 Å². The van der Waals surface area contributed by atoms with Gasteiger partial charge in [0.2, 0.25) is 5.91 Å². The second kappa shape index (κ2) is 9.33. The number of ether oxygens (including phenoxy) is 1. The van der Waals surface area contributed by atoms with Crippen molar-refractivity contribution < 1.29 is 29.3 Å². The Labute approximate surface area is 214 Å². The van der Waals surface area contributed by atoms with E-state index in [0.717, 1.165) is 16.8 Å². The Bertz CT molecular complexity index is 1040. The standard InChI is InChI=1S/C26H33BrN2O6/c1-6-10-28(20-14(4)8-7-9-15(20)5)24(32)22-26-11-16(27)21(35-26)18(25(33)34)19(26)23(31)29(22)17(12-30)13(2)3/h6-9,13,16-19,21-22,30H,1,10-12H2,2-5H3,(H,33,34)/t16?,17-,18-,19+,21-,22-,26+/m0/s1. The monoisotopic (exact) mass is 548 g/mol. The first kappa shape index (κ1) is 25.9. The number of nitrogens with zero attached hydrogens (tertiary/aromatic N) is 2. The van der Waals surface area contributed by atoms with E-state index in [1.54, 1.807) is 11.0 Å². The molecule has 2 amide bonds. The fraction of sp³-hybridized carbons (Fsp3) is 0.577. The molecule has 9 heteroatoms. The maximum atomic E-state index is 14.5. The molecule has 8 nitrogen and oxygen atoms in total. The Morgan fingerprint density at radius 1 is 1.34 bits per heavy atom. The van der Waals surface area contributed by atoms with Crippen LogP contribution < -0.4 is 4.90 Å². The minimum atomic E-state index is -1.30. The zero-order valence-corrected chi connectivity index (χ0v) is 22.1. The molecule has 3 aliphatic rings. The van der Waals surface area contributed by atoms with Crippen molar-refractivity contribution in [2.24, 2.45) is 17.8 Å². The maximum Gasteiger partial charge on any atom is 0.310 e. The van der Waals surface area contributed by atoms with Crippen molar-refractivity contribution in [1.29, 1.82) is 0 Å². The predicted octanol–water partition coefficient (Wildman–Crippen LogP) is 2.67. The number of carboxylic acids is 1. The number of hydrogen-bond acceptors (Lipinski definition) is 5. The molecule has 4 rings (SSSR count). The Hall–Kier alpha value is -2.23. The highest BCUT2D eigenvalue weighted by Crippen LogP contribution is 2.60. The van der Waals surface area contributed by atoms with E-state index in [-0.39, 0.29) is 29.8 Å². The first-order valence-electron chi connectivity index (χ1n) is 12.0. The third-order valence-electron chi connectivity index (χ3n) is 7.85. The van der Waals surface area contributed by atoms with E-state index in [4.69, 9.17) is 4.74 Å². The van der Waals surface area contributed by atoms with Gasteiger partial charge in [0.05, 0.1) is 30.6 Å². The molecule has 3 heterocycles. The molecule has 190 valence electrons. The molecule has 1 unspecified atom stereocenters. The lowest BCUT2D eigenvalue weighted by Crippen LogP contribution is -2.60. The summed E-state index contributed by atoms with van der Waals surface area (Å²) in [5.74, 6) is -4.14. The number of amides is 2. The quantitative estimate of drug-likeness (QED) is 0.382. The average molecular weight is 549 g/mol. The Morgan fingerprint density at radius 3 is 2.49 bits per heavy atom. The van der Waals surface area contributed by atoms with Gasteiger partial charge < -0.3 is 24.7 Å². The Morgan fingerprint density at radius 2 is 1.97 bits per heavy atom. The van der Waals surface area contributed by atoms with Crippen LogP contribution in [0.4, 0.5) is 5.69 Å². The van der Waals surface area contributed by atoms with Crippen LogP contribution in [0, 0.1) is 31.6 Å². The lowest BCUT2D eigenvalue weighted by atomic mass is 9.70. The van der Waals surface area contributed by atoms with Crippen LogP contribution in [0.3, 0.4) is 0 Å². The van der Waals surface area contributed by atoms with Gasteiger partial charge in [-0.05, 0) is 37.3 Å². The molecule has 3 fully saturated rings. The number of likely N-dealkylation sites (tertiary alicyclic amines) is 1. The zero-order valence-electron chi connectivity index (χ0n) is 20.5. The molecular formula is C26H33BrN2O6. The molecule has 7 atom stereocenters. The SMILES string of the molecule is C=CCN(C(=O)[C@@H]1N([C@@H](CO)C(C)C)C(=O)[C@H]2[C@H](C(=O)O)[C@H]3O[C@@]12CC3Br)c1c(C)cccc1C. The van der Waals surface area contributed by atoms with Gasteiger partial charge in [0.15, 0.2) is 0 Å². The molecule has 1 spiro atoms. The van der Waals surface area contributed by atoms with E-state index in [2.05, 4.69) is 22.5 Å². The first-order chi connectivity index (χ1) is 16.5. The number of fused-ring (bicyclic) bond motifs is 1. The first-order valence-corrected chi connectivity index (χ1v) is 12.9. The number of rotatable bonds is 8. The van der Waals surface area contributed by atoms with Crippen LogP contribution in [0.1, 0.15) is 31.4 Å². The van der Waals surface area contributed by atoms with E-state index < -0.39 is 47.5 Å². The van der Waals surface area contributed by atoms with Gasteiger partial charge in [-0.25, -0.2) is 0 Å². The molecule has 0 aliphatic carbocycles. The average Bonchev–Trinajstić information content (AvgIpc) is 3.37. The van der Waals surface area contributed by atoms with Gasteiger partial charge in [0, 0.05) is 17.1 Å². The van der Waals surface area contributed by atoms with Crippen LogP contribution >= 0.6 is 15.9 Å². The summed E-state index contributed by atoms with van der Waals surface area (Å²) in [5, 5.41) is 20.3. The molecule has 3 aliphatic heterocycles. The second-order valence-electron chi connectivity index (χ2n) is 10.2. The van der Waals surface area contributed by atoms with Gasteiger partial charge in [0.25, 0.3) is 5.91 Å². The number of carboxylic acid groups (broad SMARTS) is 1. The number of alkyl halides is 1. The molecule has 2 bridgehead atoms. The van der Waals surface area contributed by atoms with Crippen molar-refractivity contribution in [2.75, 3.05) is 18.1 Å². The summed E-state index contributed by atoms with van der Waals surface area (Å²) in [6, 6.07) is 4.02. The van der Waals surface area contributed by atoms with Gasteiger partial charge in [-0.3, -0.25) is 14.4 Å². The highest BCUT2D eigenvalue weighted by Gasteiger charge is 2.77. The number of para-hydroxylation sites is 1. The molecule has 0 radical (unpaired) electrons.